The van der Waals surface area contributed by atoms with Gasteiger partial charge in [0.2, 0.25) is 5.95 Å². The number of nitrogens with one attached hydrogen (secondary N) is 3. The molecule has 4 nitrogen and oxygen atoms in total. The number of aromatic nitrogens is 2. The minimum absolute atomic E-state index is 0.861. The fraction of sp³-hybridized carbons (Fsp3) is 0.357. The number of nitrogens with zero attached hydrogens (tertiary/aromatic N) is 1. The Hall–Kier alpha value is -0.410. The number of H-pyrrole nitrogens is 1. The van der Waals surface area contributed by atoms with Gasteiger partial charge in [0.1, 0.15) is 5.52 Å². The van der Waals surface area contributed by atoms with Gasteiger partial charge in [-0.05, 0) is 57.3 Å². The molecule has 0 atom stereocenters. The molecule has 0 unspecified atom stereocenters. The quantitative estimate of drug-likeness (QED) is 0.426. The lowest BCUT2D eigenvalue weighted by molar-refractivity contribution is 0.666. The lowest BCUT2D eigenvalue weighted by Crippen LogP contribution is -2.17. The normalized spacial score (nSPS) is 11.4. The molecule has 0 spiro atoms. The van der Waals surface area contributed by atoms with E-state index in [1.54, 1.807) is 22.7 Å². The fourth-order valence-electron chi connectivity index (χ4n) is 2.12. The molecule has 3 rings (SSSR count). The average molecular weight is 464 g/mol. The highest BCUT2D eigenvalue weighted by molar-refractivity contribution is 9.13. The number of anilines is 1. The first-order chi connectivity index (χ1) is 10.6. The molecule has 0 aromatic carbocycles. The van der Waals surface area contributed by atoms with Crippen LogP contribution >= 0.6 is 54.5 Å². The van der Waals surface area contributed by atoms with Gasteiger partial charge in [0, 0.05) is 33.2 Å². The third-order valence-electron chi connectivity index (χ3n) is 3.37. The Kier molecular flexibility index (Phi) is 5.56. The van der Waals surface area contributed by atoms with E-state index in [9.17, 15) is 0 Å². The molecule has 0 aliphatic heterocycles. The van der Waals surface area contributed by atoms with Crippen LogP contribution in [0.25, 0.3) is 11.0 Å². The SMILES string of the molecule is Cc1c(CNCCCNc2nc3cscc3[nH]2)sc(Br)c1Br. The van der Waals surface area contributed by atoms with E-state index in [1.807, 2.05) is 0 Å². The molecule has 3 heterocycles. The summed E-state index contributed by atoms with van der Waals surface area (Å²) in [6, 6.07) is 0. The highest BCUT2D eigenvalue weighted by Gasteiger charge is 2.10. The third kappa shape index (κ3) is 3.73. The summed E-state index contributed by atoms with van der Waals surface area (Å²) in [4.78, 5) is 9.12. The fourth-order valence-corrected chi connectivity index (χ4v) is 5.20. The second kappa shape index (κ2) is 7.44. The molecule has 0 saturated carbocycles. The Labute approximate surface area is 154 Å². The van der Waals surface area contributed by atoms with Crippen molar-refractivity contribution >= 4 is 71.5 Å². The highest BCUT2D eigenvalue weighted by Crippen LogP contribution is 2.36. The van der Waals surface area contributed by atoms with Crippen LogP contribution in [0.3, 0.4) is 0 Å². The van der Waals surface area contributed by atoms with Crippen molar-refractivity contribution in [1.29, 1.82) is 0 Å². The van der Waals surface area contributed by atoms with Crippen molar-refractivity contribution in [1.82, 2.24) is 15.3 Å². The summed E-state index contributed by atoms with van der Waals surface area (Å²) in [6.07, 6.45) is 1.06. The molecule has 118 valence electrons. The van der Waals surface area contributed by atoms with Crippen LogP contribution in [-0.4, -0.2) is 23.1 Å². The van der Waals surface area contributed by atoms with E-state index in [4.69, 9.17) is 0 Å². The zero-order chi connectivity index (χ0) is 15.5. The molecule has 0 saturated heterocycles. The zero-order valence-corrected chi connectivity index (χ0v) is 16.8. The first kappa shape index (κ1) is 16.4. The number of halogens is 2. The molecule has 0 radical (unpaired) electrons. The van der Waals surface area contributed by atoms with Gasteiger partial charge in [0.05, 0.1) is 9.30 Å². The van der Waals surface area contributed by atoms with Crippen molar-refractivity contribution in [3.8, 4) is 0 Å². The second-order valence-corrected chi connectivity index (χ2v) is 8.91. The van der Waals surface area contributed by atoms with Crippen molar-refractivity contribution in [3.05, 3.63) is 29.5 Å². The predicted molar refractivity (Wildman–Crippen MR) is 103 cm³/mol. The minimum atomic E-state index is 0.861. The number of hydrogen-bond donors (Lipinski definition) is 3. The maximum atomic E-state index is 4.48. The summed E-state index contributed by atoms with van der Waals surface area (Å²) in [5.74, 6) is 0.861. The van der Waals surface area contributed by atoms with Crippen LogP contribution in [0.4, 0.5) is 5.95 Å². The smallest absolute Gasteiger partial charge is 0.201 e. The van der Waals surface area contributed by atoms with Gasteiger partial charge < -0.3 is 15.6 Å². The van der Waals surface area contributed by atoms with E-state index in [2.05, 4.69) is 70.1 Å². The number of rotatable bonds is 7. The molecule has 0 amide bonds. The second-order valence-electron chi connectivity index (χ2n) is 4.95. The molecule has 8 heteroatoms. The van der Waals surface area contributed by atoms with Crippen LogP contribution in [0.15, 0.2) is 19.0 Å². The molecule has 3 aromatic heterocycles. The van der Waals surface area contributed by atoms with E-state index in [1.165, 1.54) is 18.7 Å². The summed E-state index contributed by atoms with van der Waals surface area (Å²) in [7, 11) is 0. The minimum Gasteiger partial charge on any atom is -0.356 e. The number of aromatic amines is 1. The molecule has 0 fully saturated rings. The lowest BCUT2D eigenvalue weighted by Gasteiger charge is -2.05. The Balaban J connectivity index is 1.37. The standard InChI is InChI=1S/C14H16Br2N4S2/c1-8-11(22-13(16)12(8)15)5-17-3-2-4-18-14-19-9-6-21-7-10(9)20-14/h6-7,17H,2-5H2,1H3,(H2,18,19,20). The number of fused-ring (bicyclic) bond motifs is 1. The Morgan fingerprint density at radius 1 is 1.27 bits per heavy atom. The van der Waals surface area contributed by atoms with Gasteiger partial charge in [-0.2, -0.15) is 0 Å². The summed E-state index contributed by atoms with van der Waals surface area (Å²) in [5, 5.41) is 11.0. The van der Waals surface area contributed by atoms with Crippen molar-refractivity contribution < 1.29 is 0 Å². The van der Waals surface area contributed by atoms with E-state index in [0.29, 0.717) is 0 Å². The monoisotopic (exact) mass is 462 g/mol. The van der Waals surface area contributed by atoms with Crippen LogP contribution in [0.2, 0.25) is 0 Å². The molecule has 0 bridgehead atoms. The molecular weight excluding hydrogens is 448 g/mol. The van der Waals surface area contributed by atoms with E-state index in [-0.39, 0.29) is 0 Å². The largest absolute Gasteiger partial charge is 0.356 e. The molecule has 0 aliphatic rings. The summed E-state index contributed by atoms with van der Waals surface area (Å²) in [6.45, 7) is 4.95. The molecule has 22 heavy (non-hydrogen) atoms. The first-order valence-corrected chi connectivity index (χ1v) is 10.3. The average Bonchev–Trinajstić information content (AvgIpc) is 3.14. The maximum Gasteiger partial charge on any atom is 0.201 e. The first-order valence-electron chi connectivity index (χ1n) is 6.95. The van der Waals surface area contributed by atoms with Gasteiger partial charge in [-0.3, -0.25) is 0 Å². The molecule has 0 aliphatic carbocycles. The lowest BCUT2D eigenvalue weighted by atomic mass is 10.3. The van der Waals surface area contributed by atoms with Crippen molar-refractivity contribution in [3.63, 3.8) is 0 Å². The summed E-state index contributed by atoms with van der Waals surface area (Å²) >= 11 is 10.6. The number of thiophene rings is 2. The Morgan fingerprint density at radius 3 is 2.86 bits per heavy atom. The van der Waals surface area contributed by atoms with E-state index >= 15 is 0 Å². The van der Waals surface area contributed by atoms with Crippen LogP contribution in [0, 0.1) is 6.92 Å². The Morgan fingerprint density at radius 2 is 2.14 bits per heavy atom. The topological polar surface area (TPSA) is 52.7 Å². The zero-order valence-electron chi connectivity index (χ0n) is 12.0. The summed E-state index contributed by atoms with van der Waals surface area (Å²) < 4.78 is 2.34. The predicted octanol–water partition coefficient (Wildman–Crippen LogP) is 5.11. The van der Waals surface area contributed by atoms with Gasteiger partial charge in [-0.1, -0.05) is 0 Å². The number of hydrogen-bond acceptors (Lipinski definition) is 5. The van der Waals surface area contributed by atoms with Crippen LogP contribution < -0.4 is 10.6 Å². The van der Waals surface area contributed by atoms with Gasteiger partial charge in [0.15, 0.2) is 0 Å². The van der Waals surface area contributed by atoms with Gasteiger partial charge >= 0.3 is 0 Å². The Bertz CT molecular complexity index is 734. The van der Waals surface area contributed by atoms with Crippen molar-refractivity contribution in [2.45, 2.75) is 19.9 Å². The van der Waals surface area contributed by atoms with E-state index in [0.717, 1.165) is 43.0 Å². The van der Waals surface area contributed by atoms with Crippen LogP contribution in [0.5, 0.6) is 0 Å². The molecule has 3 aromatic rings. The van der Waals surface area contributed by atoms with Gasteiger partial charge in [0.25, 0.3) is 0 Å². The van der Waals surface area contributed by atoms with Crippen molar-refractivity contribution in [2.24, 2.45) is 0 Å². The number of imidazole rings is 1. The van der Waals surface area contributed by atoms with Gasteiger partial charge in [-0.25, -0.2) is 4.98 Å². The highest BCUT2D eigenvalue weighted by atomic mass is 79.9. The van der Waals surface area contributed by atoms with Gasteiger partial charge in [-0.15, -0.1) is 22.7 Å². The van der Waals surface area contributed by atoms with Crippen molar-refractivity contribution in [2.75, 3.05) is 18.4 Å². The summed E-state index contributed by atoms with van der Waals surface area (Å²) in [5.41, 5.74) is 3.46. The maximum absolute atomic E-state index is 4.48. The van der Waals surface area contributed by atoms with Crippen LogP contribution in [0.1, 0.15) is 16.9 Å². The molecule has 3 N–H and O–H groups in total. The third-order valence-corrected chi connectivity index (χ3v) is 7.85. The van der Waals surface area contributed by atoms with Crippen LogP contribution in [-0.2, 0) is 6.54 Å². The van der Waals surface area contributed by atoms with E-state index < -0.39 is 0 Å². The molecular formula is C14H16Br2N4S2.